The molecule has 0 saturated heterocycles. The minimum absolute atomic E-state index is 0.125. The van der Waals surface area contributed by atoms with Crippen LogP contribution >= 0.6 is 45.8 Å². The molecule has 5 rings (SSSR count). The Morgan fingerprint density at radius 1 is 1.00 bits per heavy atom. The molecule has 170 valence electrons. The van der Waals surface area contributed by atoms with Gasteiger partial charge in [-0.3, -0.25) is 0 Å². The molecule has 1 atom stereocenters. The number of aromatic nitrogens is 6. The Labute approximate surface area is 204 Å². The molecule has 4 aromatic heterocycles. The quantitative estimate of drug-likeness (QED) is 0.228. The monoisotopic (exact) mass is 598 g/mol. The van der Waals surface area contributed by atoms with Crippen LogP contribution in [0.15, 0.2) is 24.8 Å². The fourth-order valence-electron chi connectivity index (χ4n) is 3.09. The van der Waals surface area contributed by atoms with Crippen LogP contribution in [0.4, 0.5) is 13.2 Å². The molecule has 0 amide bonds. The molecule has 4 heterocycles. The third-order valence-electron chi connectivity index (χ3n) is 4.81. The van der Waals surface area contributed by atoms with Gasteiger partial charge in [-0.1, -0.05) is 23.2 Å². The van der Waals surface area contributed by atoms with Crippen molar-refractivity contribution in [3.63, 3.8) is 0 Å². The van der Waals surface area contributed by atoms with Crippen molar-refractivity contribution >= 4 is 68.1 Å². The van der Waals surface area contributed by atoms with Crippen LogP contribution in [-0.4, -0.2) is 41.4 Å². The molecule has 0 spiro atoms. The Balaban J connectivity index is 0.000000174. The second kappa shape index (κ2) is 8.82. The van der Waals surface area contributed by atoms with Crippen LogP contribution in [0.3, 0.4) is 0 Å². The zero-order valence-corrected chi connectivity index (χ0v) is 20.4. The summed E-state index contributed by atoms with van der Waals surface area (Å²) in [4.78, 5) is 16.5. The number of hydrogen-bond acceptors (Lipinski definition) is 5. The van der Waals surface area contributed by atoms with Gasteiger partial charge in [0.1, 0.15) is 14.7 Å². The van der Waals surface area contributed by atoms with Gasteiger partial charge in [0.05, 0.1) is 22.7 Å². The highest BCUT2D eigenvalue weighted by atomic mass is 127. The topological polar surface area (TPSA) is 70.7 Å². The molecule has 1 saturated carbocycles. The van der Waals surface area contributed by atoms with Crippen LogP contribution in [0.2, 0.25) is 10.0 Å². The minimum atomic E-state index is -4.41. The Kier molecular flexibility index (Phi) is 6.43. The summed E-state index contributed by atoms with van der Waals surface area (Å²) in [5, 5.41) is 0.882. The molecule has 0 aromatic carbocycles. The predicted molar refractivity (Wildman–Crippen MR) is 123 cm³/mol. The molecule has 1 unspecified atom stereocenters. The summed E-state index contributed by atoms with van der Waals surface area (Å²) in [6.45, 7) is 0. The van der Waals surface area contributed by atoms with Crippen molar-refractivity contribution < 1.29 is 17.9 Å². The Morgan fingerprint density at radius 3 is 2.06 bits per heavy atom. The minimum Gasteiger partial charge on any atom is -0.464 e. The number of imidazole rings is 2. The molecule has 32 heavy (non-hydrogen) atoms. The number of nitrogens with zero attached hydrogens (tertiary/aromatic N) is 6. The molecule has 0 radical (unpaired) electrons. The maximum absolute atomic E-state index is 12.9. The van der Waals surface area contributed by atoms with Crippen LogP contribution in [0, 0.1) is 9.62 Å². The zero-order valence-electron chi connectivity index (χ0n) is 16.7. The number of aryl methyl sites for hydroxylation is 2. The van der Waals surface area contributed by atoms with E-state index < -0.39 is 18.2 Å². The lowest BCUT2D eigenvalue weighted by Gasteiger charge is -2.20. The van der Waals surface area contributed by atoms with E-state index in [-0.39, 0.29) is 10.9 Å². The third-order valence-corrected chi connectivity index (χ3v) is 5.94. The van der Waals surface area contributed by atoms with E-state index in [0.717, 1.165) is 14.9 Å². The highest BCUT2D eigenvalue weighted by Gasteiger charge is 2.51. The average Bonchev–Trinajstić information content (AvgIpc) is 3.37. The maximum atomic E-state index is 12.9. The Bertz CT molecular complexity index is 1290. The second-order valence-electron chi connectivity index (χ2n) is 7.34. The summed E-state index contributed by atoms with van der Waals surface area (Å²) in [6, 6.07) is 3.08. The highest BCUT2D eigenvalue weighted by Crippen LogP contribution is 2.42. The molecular formula is C19H16Cl2F3IN6O. The first-order valence-corrected chi connectivity index (χ1v) is 11.2. The van der Waals surface area contributed by atoms with E-state index in [1.807, 2.05) is 11.6 Å². The maximum Gasteiger partial charge on any atom is 0.425 e. The van der Waals surface area contributed by atoms with Gasteiger partial charge in [0, 0.05) is 26.1 Å². The standard InChI is InChI=1S/C12H11ClF3N3O.C7H5ClIN3/c1-19-5-17-9-7(13)4-8(18-11(9)19)20-10(6-2-3-6)12(14,15)16;1-12-3-10-6-4(8)2-5(9)11-7(6)12/h4-6,10H,2-3H2,1H3;2-3H,1H3. The van der Waals surface area contributed by atoms with E-state index in [0.29, 0.717) is 29.0 Å². The van der Waals surface area contributed by atoms with Crippen molar-refractivity contribution in [2.75, 3.05) is 0 Å². The molecule has 0 aliphatic heterocycles. The molecule has 0 bridgehead atoms. The van der Waals surface area contributed by atoms with Crippen LogP contribution < -0.4 is 4.74 Å². The first-order valence-electron chi connectivity index (χ1n) is 9.38. The number of alkyl halides is 3. The van der Waals surface area contributed by atoms with Crippen molar-refractivity contribution in [3.8, 4) is 5.88 Å². The second-order valence-corrected chi connectivity index (χ2v) is 9.26. The summed E-state index contributed by atoms with van der Waals surface area (Å²) in [7, 11) is 3.58. The number of rotatable bonds is 3. The largest absolute Gasteiger partial charge is 0.464 e. The molecule has 7 nitrogen and oxygen atoms in total. The van der Waals surface area contributed by atoms with Gasteiger partial charge in [-0.15, -0.1) is 0 Å². The van der Waals surface area contributed by atoms with Crippen molar-refractivity contribution in [2.24, 2.45) is 20.0 Å². The van der Waals surface area contributed by atoms with E-state index >= 15 is 0 Å². The Hall–Kier alpha value is -1.86. The highest BCUT2D eigenvalue weighted by molar-refractivity contribution is 14.1. The lowest BCUT2D eigenvalue weighted by molar-refractivity contribution is -0.201. The third kappa shape index (κ3) is 4.88. The van der Waals surface area contributed by atoms with Crippen LogP contribution in [0.1, 0.15) is 12.8 Å². The first kappa shape index (κ1) is 23.3. The molecule has 13 heteroatoms. The molecule has 4 aromatic rings. The smallest absolute Gasteiger partial charge is 0.425 e. The lowest BCUT2D eigenvalue weighted by atomic mass is 10.2. The number of halogens is 6. The molecule has 1 aliphatic rings. The van der Waals surface area contributed by atoms with E-state index in [2.05, 4.69) is 42.5 Å². The number of fused-ring (bicyclic) bond motifs is 2. The summed E-state index contributed by atoms with van der Waals surface area (Å²) in [5.41, 5.74) is 2.42. The van der Waals surface area contributed by atoms with Gasteiger partial charge >= 0.3 is 6.18 Å². The summed E-state index contributed by atoms with van der Waals surface area (Å²) >= 11 is 14.1. The lowest BCUT2D eigenvalue weighted by Crippen LogP contribution is -2.36. The predicted octanol–water partition coefficient (Wildman–Crippen LogP) is 5.57. The van der Waals surface area contributed by atoms with Gasteiger partial charge in [-0.05, 0) is 41.5 Å². The van der Waals surface area contributed by atoms with E-state index in [1.54, 1.807) is 24.0 Å². The number of pyridine rings is 2. The normalized spacial score (nSPS) is 15.0. The van der Waals surface area contributed by atoms with Crippen LogP contribution in [0.5, 0.6) is 5.88 Å². The van der Waals surface area contributed by atoms with Gasteiger partial charge in [0.25, 0.3) is 0 Å². The van der Waals surface area contributed by atoms with Crippen LogP contribution in [0.25, 0.3) is 22.3 Å². The van der Waals surface area contributed by atoms with Gasteiger partial charge in [0.2, 0.25) is 5.88 Å². The van der Waals surface area contributed by atoms with Gasteiger partial charge in [-0.25, -0.2) is 15.0 Å². The van der Waals surface area contributed by atoms with Gasteiger partial charge < -0.3 is 13.9 Å². The van der Waals surface area contributed by atoms with E-state index in [1.165, 1.54) is 12.4 Å². The molecule has 1 aliphatic carbocycles. The molecule has 1 fully saturated rings. The summed E-state index contributed by atoms with van der Waals surface area (Å²) < 4.78 is 48.1. The van der Waals surface area contributed by atoms with E-state index in [4.69, 9.17) is 27.9 Å². The van der Waals surface area contributed by atoms with Gasteiger partial charge in [0.15, 0.2) is 17.4 Å². The SMILES string of the molecule is Cn1cnc2c(Cl)cc(I)nc21.Cn1cnc2c(Cl)cc(OC(C3CC3)C(F)(F)F)nc21. The van der Waals surface area contributed by atoms with Crippen molar-refractivity contribution in [1.82, 2.24) is 29.1 Å². The van der Waals surface area contributed by atoms with Gasteiger partial charge in [-0.2, -0.15) is 18.2 Å². The van der Waals surface area contributed by atoms with Crippen molar-refractivity contribution in [3.05, 3.63) is 38.5 Å². The van der Waals surface area contributed by atoms with E-state index in [9.17, 15) is 13.2 Å². The number of ether oxygens (including phenoxy) is 1. The van der Waals surface area contributed by atoms with Crippen molar-refractivity contribution in [2.45, 2.75) is 25.1 Å². The fraction of sp³-hybridized carbons (Fsp3) is 0.368. The molecular weight excluding hydrogens is 583 g/mol. The summed E-state index contributed by atoms with van der Waals surface area (Å²) in [6.07, 6.45) is -1.99. The fourth-order valence-corrected chi connectivity index (χ4v) is 4.27. The van der Waals surface area contributed by atoms with Crippen LogP contribution in [-0.2, 0) is 14.1 Å². The average molecular weight is 599 g/mol. The number of hydrogen-bond donors (Lipinski definition) is 0. The Morgan fingerprint density at radius 2 is 1.53 bits per heavy atom. The summed E-state index contributed by atoms with van der Waals surface area (Å²) in [5.74, 6) is -0.613. The van der Waals surface area contributed by atoms with Crippen molar-refractivity contribution in [1.29, 1.82) is 0 Å². The first-order chi connectivity index (χ1) is 15.0. The zero-order chi connectivity index (χ0) is 23.2. The molecule has 0 N–H and O–H groups in total.